The zero-order valence-electron chi connectivity index (χ0n) is 21.7. The molecule has 3 saturated heterocycles. The number of nitrogens with one attached hydrogen (secondary N) is 1. The lowest BCUT2D eigenvalue weighted by Crippen LogP contribution is -2.41. The molecule has 0 aliphatic carbocycles. The smallest absolute Gasteiger partial charge is 0.254 e. The summed E-state index contributed by atoms with van der Waals surface area (Å²) in [4.78, 5) is 31.1. The van der Waals surface area contributed by atoms with E-state index in [2.05, 4.69) is 11.4 Å². The first-order valence-electron chi connectivity index (χ1n) is 13.3. The second-order valence-corrected chi connectivity index (χ2v) is 10.0. The molecule has 6 rings (SSSR count). The van der Waals surface area contributed by atoms with Crippen LogP contribution < -0.4 is 20.4 Å². The summed E-state index contributed by atoms with van der Waals surface area (Å²) in [6, 6.07) is 13.1. The maximum atomic E-state index is 13.7. The Bertz CT molecular complexity index is 1380. The number of rotatable bonds is 5. The topological polar surface area (TPSA) is 93.5 Å². The van der Waals surface area contributed by atoms with Crippen molar-refractivity contribution in [1.82, 2.24) is 10.2 Å². The molecule has 200 valence electrons. The van der Waals surface area contributed by atoms with Crippen LogP contribution in [0.4, 0.5) is 5.88 Å². The maximum absolute atomic E-state index is 13.7. The van der Waals surface area contributed by atoms with Crippen molar-refractivity contribution < 1.29 is 23.4 Å². The Hall–Kier alpha value is -3.40. The average molecular weight is 520 g/mol. The fourth-order valence-electron chi connectivity index (χ4n) is 5.84. The molecule has 1 aromatic heterocycles. The van der Waals surface area contributed by atoms with E-state index in [0.29, 0.717) is 75.0 Å². The lowest BCUT2D eigenvalue weighted by atomic mass is 9.80. The van der Waals surface area contributed by atoms with Gasteiger partial charge in [-0.15, -0.1) is 0 Å². The molecule has 3 aromatic rings. The van der Waals surface area contributed by atoms with Crippen molar-refractivity contribution in [2.45, 2.75) is 18.4 Å². The predicted octanol–water partition coefficient (Wildman–Crippen LogP) is 2.74. The fraction of sp³-hybridized carbons (Fsp3) is 0.448. The van der Waals surface area contributed by atoms with Crippen molar-refractivity contribution in [1.29, 1.82) is 0 Å². The average Bonchev–Trinajstić information content (AvgIpc) is 3.48. The third-order valence-corrected chi connectivity index (χ3v) is 7.86. The zero-order valence-corrected chi connectivity index (χ0v) is 21.7. The number of methoxy groups -OCH3 is 1. The number of anilines is 1. The Morgan fingerprint density at radius 2 is 1.76 bits per heavy atom. The van der Waals surface area contributed by atoms with Gasteiger partial charge in [0.15, 0.2) is 11.3 Å². The van der Waals surface area contributed by atoms with E-state index in [4.69, 9.17) is 18.6 Å². The third kappa shape index (κ3) is 4.44. The number of hydrogen-bond donors (Lipinski definition) is 1. The van der Waals surface area contributed by atoms with E-state index in [1.165, 1.54) is 0 Å². The minimum atomic E-state index is -0.645. The Kier molecular flexibility index (Phi) is 6.82. The van der Waals surface area contributed by atoms with Gasteiger partial charge in [-0.2, -0.15) is 0 Å². The van der Waals surface area contributed by atoms with E-state index in [-0.39, 0.29) is 11.3 Å². The maximum Gasteiger partial charge on any atom is 0.254 e. The molecule has 0 bridgehead atoms. The van der Waals surface area contributed by atoms with E-state index in [0.717, 1.165) is 36.3 Å². The largest absolute Gasteiger partial charge is 0.497 e. The van der Waals surface area contributed by atoms with Gasteiger partial charge in [-0.3, -0.25) is 9.59 Å². The van der Waals surface area contributed by atoms with Crippen molar-refractivity contribution in [2.75, 3.05) is 71.2 Å². The summed E-state index contributed by atoms with van der Waals surface area (Å²) in [6.07, 6.45) is 1.73. The van der Waals surface area contributed by atoms with Gasteiger partial charge in [0.1, 0.15) is 11.3 Å². The van der Waals surface area contributed by atoms with Crippen molar-refractivity contribution in [3.63, 3.8) is 0 Å². The number of ether oxygens (including phenoxy) is 3. The molecule has 3 fully saturated rings. The summed E-state index contributed by atoms with van der Waals surface area (Å²) >= 11 is 0. The number of benzene rings is 2. The Morgan fingerprint density at radius 3 is 2.47 bits per heavy atom. The van der Waals surface area contributed by atoms with Gasteiger partial charge in [0, 0.05) is 43.4 Å². The van der Waals surface area contributed by atoms with Gasteiger partial charge in [-0.25, -0.2) is 0 Å². The molecular formula is C29H33N3O6. The first kappa shape index (κ1) is 24.9. The van der Waals surface area contributed by atoms with E-state index < -0.39 is 5.54 Å². The normalized spacial score (nSPS) is 22.1. The number of carbonyl (C=O) groups excluding carboxylic acids is 1. The van der Waals surface area contributed by atoms with Crippen LogP contribution in [0.1, 0.15) is 34.3 Å². The van der Waals surface area contributed by atoms with E-state index in [1.807, 2.05) is 29.2 Å². The number of amides is 1. The standard InChI is InChI=1S/C29H33N3O6/c1-35-22-5-2-4-21(18-22)29(6-3-7-30-29)24-17-20(28(34)32-10-14-37-15-11-32)16-23-25(33)19-26(38-27(23)24)31-8-12-36-13-9-31/h2,4-5,16-19,30H,3,6-15H2,1H3/t29-/m0/s1. The van der Waals surface area contributed by atoms with Crippen LogP contribution in [0.3, 0.4) is 0 Å². The van der Waals surface area contributed by atoms with E-state index in [9.17, 15) is 9.59 Å². The van der Waals surface area contributed by atoms with Crippen LogP contribution in [0.5, 0.6) is 5.75 Å². The molecule has 38 heavy (non-hydrogen) atoms. The van der Waals surface area contributed by atoms with Crippen LogP contribution in [0, 0.1) is 0 Å². The van der Waals surface area contributed by atoms with E-state index in [1.54, 1.807) is 24.1 Å². The molecule has 3 aliphatic heterocycles. The van der Waals surface area contributed by atoms with Gasteiger partial charge < -0.3 is 33.7 Å². The first-order chi connectivity index (χ1) is 18.6. The lowest BCUT2D eigenvalue weighted by molar-refractivity contribution is 0.0303. The molecule has 9 heteroatoms. The van der Waals surface area contributed by atoms with Gasteiger partial charge >= 0.3 is 0 Å². The number of hydrogen-bond acceptors (Lipinski definition) is 8. The van der Waals surface area contributed by atoms with Gasteiger partial charge in [-0.05, 0) is 49.2 Å². The SMILES string of the molecule is COc1cccc([C@]2(c3cc(C(=O)N4CCOCC4)cc4c(=O)cc(N5CCOCC5)oc34)CCCN2)c1. The van der Waals surface area contributed by atoms with Crippen LogP contribution in [0.2, 0.25) is 0 Å². The highest BCUT2D eigenvalue weighted by Gasteiger charge is 2.41. The van der Waals surface area contributed by atoms with Gasteiger partial charge in [0.05, 0.1) is 44.5 Å². The van der Waals surface area contributed by atoms with E-state index >= 15 is 0 Å². The quantitative estimate of drug-likeness (QED) is 0.550. The Morgan fingerprint density at radius 1 is 1.00 bits per heavy atom. The van der Waals surface area contributed by atoms with Crippen LogP contribution in [-0.4, -0.2) is 77.1 Å². The summed E-state index contributed by atoms with van der Waals surface area (Å²) in [5, 5.41) is 4.12. The zero-order chi connectivity index (χ0) is 26.1. The highest BCUT2D eigenvalue weighted by Crippen LogP contribution is 2.43. The second kappa shape index (κ2) is 10.4. The fourth-order valence-corrected chi connectivity index (χ4v) is 5.84. The number of carbonyl (C=O) groups is 1. The van der Waals surface area contributed by atoms with Crippen molar-refractivity contribution in [3.05, 3.63) is 69.4 Å². The minimum Gasteiger partial charge on any atom is -0.497 e. The monoisotopic (exact) mass is 519 g/mol. The van der Waals surface area contributed by atoms with Crippen molar-refractivity contribution >= 4 is 22.8 Å². The number of morpholine rings is 2. The molecule has 1 N–H and O–H groups in total. The third-order valence-electron chi connectivity index (χ3n) is 7.86. The van der Waals surface area contributed by atoms with Crippen molar-refractivity contribution in [3.8, 4) is 5.75 Å². The Balaban J connectivity index is 1.58. The lowest BCUT2D eigenvalue weighted by Gasteiger charge is -2.33. The van der Waals surface area contributed by atoms with Crippen LogP contribution in [0.15, 0.2) is 51.7 Å². The molecule has 4 heterocycles. The summed E-state index contributed by atoms with van der Waals surface area (Å²) in [5.41, 5.74) is 1.99. The summed E-state index contributed by atoms with van der Waals surface area (Å²) in [7, 11) is 1.65. The molecule has 0 unspecified atom stereocenters. The van der Waals surface area contributed by atoms with Gasteiger partial charge in [0.25, 0.3) is 5.91 Å². The molecule has 1 atom stereocenters. The molecule has 0 radical (unpaired) electrons. The first-order valence-corrected chi connectivity index (χ1v) is 13.3. The Labute approximate surface area is 221 Å². The van der Waals surface area contributed by atoms with Crippen LogP contribution in [0.25, 0.3) is 11.0 Å². The van der Waals surface area contributed by atoms with Crippen LogP contribution >= 0.6 is 0 Å². The van der Waals surface area contributed by atoms with Crippen molar-refractivity contribution in [2.24, 2.45) is 0 Å². The molecular weight excluding hydrogens is 486 g/mol. The molecule has 0 saturated carbocycles. The number of nitrogens with zero attached hydrogens (tertiary/aromatic N) is 2. The van der Waals surface area contributed by atoms with Gasteiger partial charge in [0.2, 0.25) is 0 Å². The van der Waals surface area contributed by atoms with Gasteiger partial charge in [-0.1, -0.05) is 12.1 Å². The van der Waals surface area contributed by atoms with Crippen LogP contribution in [-0.2, 0) is 15.0 Å². The molecule has 2 aromatic carbocycles. The molecule has 1 amide bonds. The molecule has 3 aliphatic rings. The summed E-state index contributed by atoms with van der Waals surface area (Å²) < 4.78 is 23.1. The summed E-state index contributed by atoms with van der Waals surface area (Å²) in [6.45, 7) is 5.32. The highest BCUT2D eigenvalue weighted by atomic mass is 16.5. The predicted molar refractivity (Wildman–Crippen MR) is 143 cm³/mol. The number of fused-ring (bicyclic) bond motifs is 1. The summed E-state index contributed by atoms with van der Waals surface area (Å²) in [5.74, 6) is 1.17. The highest BCUT2D eigenvalue weighted by molar-refractivity contribution is 5.99. The molecule has 9 nitrogen and oxygen atoms in total. The molecule has 0 spiro atoms. The minimum absolute atomic E-state index is 0.105. The second-order valence-electron chi connectivity index (χ2n) is 10.0.